The second-order valence-corrected chi connectivity index (χ2v) is 14.7. The van der Waals surface area contributed by atoms with E-state index in [4.69, 9.17) is 15.0 Å². The third-order valence-electron chi connectivity index (χ3n) is 11.3. The normalized spacial score (nSPS) is 11.4. The molecule has 2 heterocycles. The van der Waals surface area contributed by atoms with Gasteiger partial charge in [-0.3, -0.25) is 0 Å². The molecule has 0 amide bonds. The van der Waals surface area contributed by atoms with Crippen molar-refractivity contribution in [1.82, 2.24) is 19.5 Å². The summed E-state index contributed by atoms with van der Waals surface area (Å²) in [5, 5.41) is 4.63. The highest BCUT2D eigenvalue weighted by Crippen LogP contribution is 2.42. The van der Waals surface area contributed by atoms with Crippen molar-refractivity contribution >= 4 is 32.6 Å². The van der Waals surface area contributed by atoms with Gasteiger partial charge in [-0.1, -0.05) is 194 Å². The molecule has 0 aliphatic carbocycles. The van der Waals surface area contributed by atoms with Gasteiger partial charge >= 0.3 is 0 Å². The second-order valence-electron chi connectivity index (χ2n) is 14.7. The molecule has 59 heavy (non-hydrogen) atoms. The lowest BCUT2D eigenvalue weighted by Crippen LogP contribution is -2.03. The first-order valence-electron chi connectivity index (χ1n) is 20.0. The van der Waals surface area contributed by atoms with Crippen molar-refractivity contribution in [2.75, 3.05) is 0 Å². The van der Waals surface area contributed by atoms with Crippen LogP contribution in [-0.2, 0) is 0 Å². The number of hydrogen-bond acceptors (Lipinski definition) is 3. The molecule has 0 aliphatic heterocycles. The molecule has 276 valence electrons. The third kappa shape index (κ3) is 5.98. The lowest BCUT2D eigenvalue weighted by atomic mass is 9.97. The maximum absolute atomic E-state index is 5.35. The Morgan fingerprint density at radius 2 is 0.661 bits per heavy atom. The van der Waals surface area contributed by atoms with Crippen molar-refractivity contribution in [3.05, 3.63) is 218 Å². The topological polar surface area (TPSA) is 43.6 Å². The lowest BCUT2D eigenvalue weighted by Gasteiger charge is -2.16. The van der Waals surface area contributed by atoms with Crippen molar-refractivity contribution in [3.8, 4) is 73.2 Å². The summed E-state index contributed by atoms with van der Waals surface area (Å²) < 4.78 is 2.42. The van der Waals surface area contributed by atoms with Crippen molar-refractivity contribution in [2.45, 2.75) is 0 Å². The van der Waals surface area contributed by atoms with Crippen molar-refractivity contribution in [3.63, 3.8) is 0 Å². The Morgan fingerprint density at radius 1 is 0.254 bits per heavy atom. The van der Waals surface area contributed by atoms with Crippen molar-refractivity contribution in [2.24, 2.45) is 0 Å². The number of nitrogens with zero attached hydrogens (tertiary/aromatic N) is 4. The van der Waals surface area contributed by atoms with Crippen LogP contribution in [0, 0.1) is 0 Å². The van der Waals surface area contributed by atoms with E-state index in [0.717, 1.165) is 66.4 Å². The molecule has 11 aromatic rings. The molecule has 0 atom stereocenters. The maximum Gasteiger partial charge on any atom is 0.164 e. The van der Waals surface area contributed by atoms with E-state index in [1.807, 2.05) is 12.1 Å². The Morgan fingerprint density at radius 3 is 1.24 bits per heavy atom. The standard InChI is InChI=1S/C55H36N4/c1-4-19-37(20-5-1)40-25-10-14-29-45(40)53-56-54(46-30-15-11-26-41(46)38-21-6-2-7-22-38)58-55(57-53)47-35-36-50(44-28-13-12-27-43(44)47)59-49-33-17-16-31-48(49)52-42(32-18-34-51(52)59)39-23-8-3-9-24-39/h1-36H. The van der Waals surface area contributed by atoms with E-state index in [9.17, 15) is 0 Å². The molecule has 0 saturated heterocycles. The van der Waals surface area contributed by atoms with Crippen LogP contribution < -0.4 is 0 Å². The average Bonchev–Trinajstić information content (AvgIpc) is 3.66. The van der Waals surface area contributed by atoms with E-state index < -0.39 is 0 Å². The Hall–Kier alpha value is -7.95. The Balaban J connectivity index is 1.16. The predicted molar refractivity (Wildman–Crippen MR) is 244 cm³/mol. The highest BCUT2D eigenvalue weighted by molar-refractivity contribution is 6.17. The van der Waals surface area contributed by atoms with Crippen LogP contribution in [0.1, 0.15) is 0 Å². The van der Waals surface area contributed by atoms with Gasteiger partial charge in [-0.25, -0.2) is 15.0 Å². The quantitative estimate of drug-likeness (QED) is 0.163. The third-order valence-corrected chi connectivity index (χ3v) is 11.3. The Bertz CT molecular complexity index is 3210. The summed E-state index contributed by atoms with van der Waals surface area (Å²) in [6.45, 7) is 0. The summed E-state index contributed by atoms with van der Waals surface area (Å²) in [6.07, 6.45) is 0. The van der Waals surface area contributed by atoms with Gasteiger partial charge in [0.05, 0.1) is 16.7 Å². The molecule has 0 spiro atoms. The van der Waals surface area contributed by atoms with Crippen molar-refractivity contribution < 1.29 is 0 Å². The minimum absolute atomic E-state index is 0.618. The van der Waals surface area contributed by atoms with Crippen LogP contribution in [-0.4, -0.2) is 19.5 Å². The van der Waals surface area contributed by atoms with Gasteiger partial charge in [0.1, 0.15) is 0 Å². The summed E-state index contributed by atoms with van der Waals surface area (Å²) in [5.74, 6) is 1.86. The van der Waals surface area contributed by atoms with Gasteiger partial charge in [0.25, 0.3) is 0 Å². The fraction of sp³-hybridized carbons (Fsp3) is 0. The monoisotopic (exact) mass is 752 g/mol. The van der Waals surface area contributed by atoms with E-state index in [1.165, 1.54) is 21.9 Å². The molecule has 0 saturated carbocycles. The molecule has 4 nitrogen and oxygen atoms in total. The number of para-hydroxylation sites is 1. The Labute approximate surface area is 342 Å². The van der Waals surface area contributed by atoms with Gasteiger partial charge in [-0.2, -0.15) is 0 Å². The zero-order chi connectivity index (χ0) is 39.1. The van der Waals surface area contributed by atoms with E-state index in [0.29, 0.717) is 17.5 Å². The summed E-state index contributed by atoms with van der Waals surface area (Å²) in [5.41, 5.74) is 13.0. The molecule has 0 radical (unpaired) electrons. The van der Waals surface area contributed by atoms with Gasteiger partial charge < -0.3 is 4.57 Å². The van der Waals surface area contributed by atoms with Crippen LogP contribution in [0.2, 0.25) is 0 Å². The van der Waals surface area contributed by atoms with E-state index in [-0.39, 0.29) is 0 Å². The smallest absolute Gasteiger partial charge is 0.164 e. The summed E-state index contributed by atoms with van der Waals surface area (Å²) >= 11 is 0. The first-order valence-corrected chi connectivity index (χ1v) is 20.0. The molecule has 0 aliphatic rings. The molecule has 0 bridgehead atoms. The van der Waals surface area contributed by atoms with Gasteiger partial charge in [0.2, 0.25) is 0 Å². The highest BCUT2D eigenvalue weighted by atomic mass is 15.0. The van der Waals surface area contributed by atoms with E-state index >= 15 is 0 Å². The first kappa shape index (κ1) is 34.3. The van der Waals surface area contributed by atoms with Crippen LogP contribution in [0.5, 0.6) is 0 Å². The van der Waals surface area contributed by atoms with E-state index in [1.54, 1.807) is 0 Å². The molecular weight excluding hydrogens is 717 g/mol. The molecule has 2 aromatic heterocycles. The number of fused-ring (bicyclic) bond motifs is 4. The SMILES string of the molecule is c1ccc(-c2ccccc2-c2nc(-c3ccccc3-c3ccccc3)nc(-c3ccc(-n4c5ccccc5c5c(-c6ccccc6)cccc54)c4ccccc34)n2)cc1. The molecule has 0 unspecified atom stereocenters. The van der Waals surface area contributed by atoms with Crippen LogP contribution in [0.15, 0.2) is 218 Å². The second kappa shape index (κ2) is 14.5. The van der Waals surface area contributed by atoms with Gasteiger partial charge in [0, 0.05) is 32.8 Å². The van der Waals surface area contributed by atoms with Gasteiger partial charge in [0.15, 0.2) is 17.5 Å². The minimum atomic E-state index is 0.618. The largest absolute Gasteiger partial charge is 0.309 e. The molecular formula is C55H36N4. The number of rotatable bonds is 7. The number of hydrogen-bond donors (Lipinski definition) is 0. The summed E-state index contributed by atoms with van der Waals surface area (Å²) in [4.78, 5) is 16.0. The fourth-order valence-electron chi connectivity index (χ4n) is 8.64. The maximum atomic E-state index is 5.35. The molecule has 4 heteroatoms. The van der Waals surface area contributed by atoms with Gasteiger partial charge in [-0.15, -0.1) is 0 Å². The number of benzene rings is 9. The lowest BCUT2D eigenvalue weighted by molar-refractivity contribution is 1.08. The molecule has 11 rings (SSSR count). The molecule has 0 N–H and O–H groups in total. The van der Waals surface area contributed by atoms with Gasteiger partial charge in [-0.05, 0) is 63.0 Å². The zero-order valence-electron chi connectivity index (χ0n) is 32.1. The molecule has 9 aromatic carbocycles. The average molecular weight is 753 g/mol. The summed E-state index contributed by atoms with van der Waals surface area (Å²) in [6, 6.07) is 76.8. The number of aromatic nitrogens is 4. The van der Waals surface area contributed by atoms with Crippen molar-refractivity contribution in [1.29, 1.82) is 0 Å². The fourth-order valence-corrected chi connectivity index (χ4v) is 8.64. The van der Waals surface area contributed by atoms with Crippen LogP contribution in [0.4, 0.5) is 0 Å². The minimum Gasteiger partial charge on any atom is -0.309 e. The summed E-state index contributed by atoms with van der Waals surface area (Å²) in [7, 11) is 0. The van der Waals surface area contributed by atoms with E-state index in [2.05, 4.69) is 211 Å². The first-order chi connectivity index (χ1) is 29.3. The highest BCUT2D eigenvalue weighted by Gasteiger charge is 2.21. The Kier molecular flexibility index (Phi) is 8.45. The predicted octanol–water partition coefficient (Wildman–Crippen LogP) is 14.1. The van der Waals surface area contributed by atoms with Crippen LogP contribution >= 0.6 is 0 Å². The van der Waals surface area contributed by atoms with Crippen LogP contribution in [0.25, 0.3) is 106 Å². The zero-order valence-corrected chi connectivity index (χ0v) is 32.1. The molecule has 0 fully saturated rings. The van der Waals surface area contributed by atoms with Crippen LogP contribution in [0.3, 0.4) is 0 Å².